The SMILES string of the molecule is COc1cc2nc(CCCN(C)CC[C@]3(O)C[C@H]4CC[C@@H]3C=C4c3ccccc3)[nH]c2cc1OC. The first-order valence-corrected chi connectivity index (χ1v) is 12.8. The summed E-state index contributed by atoms with van der Waals surface area (Å²) in [7, 11) is 5.44. The average molecular weight is 476 g/mol. The summed E-state index contributed by atoms with van der Waals surface area (Å²) >= 11 is 0. The van der Waals surface area contributed by atoms with E-state index in [1.165, 1.54) is 17.6 Å². The van der Waals surface area contributed by atoms with Gasteiger partial charge in [-0.3, -0.25) is 0 Å². The Bertz CT molecular complexity index is 1150. The van der Waals surface area contributed by atoms with Gasteiger partial charge >= 0.3 is 0 Å². The monoisotopic (exact) mass is 475 g/mol. The Morgan fingerprint density at radius 1 is 1.09 bits per heavy atom. The molecular weight excluding hydrogens is 438 g/mol. The first-order chi connectivity index (χ1) is 17.0. The summed E-state index contributed by atoms with van der Waals surface area (Å²) in [4.78, 5) is 10.5. The van der Waals surface area contributed by atoms with Crippen molar-refractivity contribution in [1.82, 2.24) is 14.9 Å². The predicted octanol–water partition coefficient (Wildman–Crippen LogP) is 5.08. The number of hydrogen-bond donors (Lipinski definition) is 2. The lowest BCUT2D eigenvalue weighted by Crippen LogP contribution is -2.48. The largest absolute Gasteiger partial charge is 0.493 e. The quantitative estimate of drug-likeness (QED) is 0.428. The second-order valence-corrected chi connectivity index (χ2v) is 10.2. The van der Waals surface area contributed by atoms with E-state index in [9.17, 15) is 5.11 Å². The van der Waals surface area contributed by atoms with Crippen LogP contribution in [0.15, 0.2) is 48.5 Å². The number of imidazole rings is 1. The molecule has 0 aliphatic heterocycles. The lowest BCUT2D eigenvalue weighted by atomic mass is 9.61. The highest BCUT2D eigenvalue weighted by atomic mass is 16.5. The molecular formula is C29H37N3O3. The van der Waals surface area contributed by atoms with Gasteiger partial charge in [-0.25, -0.2) is 4.98 Å². The number of methoxy groups -OCH3 is 2. The third kappa shape index (κ3) is 4.95. The van der Waals surface area contributed by atoms with Crippen LogP contribution < -0.4 is 9.47 Å². The molecule has 3 aliphatic rings. The summed E-state index contributed by atoms with van der Waals surface area (Å²) in [6.45, 7) is 1.88. The molecule has 6 rings (SSSR count). The highest BCUT2D eigenvalue weighted by Crippen LogP contribution is 2.51. The van der Waals surface area contributed by atoms with E-state index < -0.39 is 5.60 Å². The van der Waals surface area contributed by atoms with Gasteiger partial charge in [0.1, 0.15) is 5.82 Å². The molecule has 6 heteroatoms. The summed E-state index contributed by atoms with van der Waals surface area (Å²) < 4.78 is 10.8. The number of benzene rings is 2. The van der Waals surface area contributed by atoms with E-state index in [2.05, 4.69) is 53.3 Å². The molecule has 3 aromatic rings. The normalized spacial score (nSPS) is 23.6. The van der Waals surface area contributed by atoms with Gasteiger partial charge in [-0.15, -0.1) is 0 Å². The number of ether oxygens (including phenoxy) is 2. The molecule has 1 fully saturated rings. The predicted molar refractivity (Wildman–Crippen MR) is 140 cm³/mol. The lowest BCUT2D eigenvalue weighted by molar-refractivity contribution is -0.0574. The fourth-order valence-corrected chi connectivity index (χ4v) is 5.96. The molecule has 0 unspecified atom stereocenters. The van der Waals surface area contributed by atoms with Gasteiger partial charge in [0, 0.05) is 31.0 Å². The van der Waals surface area contributed by atoms with E-state index in [1.54, 1.807) is 14.2 Å². The minimum atomic E-state index is -0.577. The van der Waals surface area contributed by atoms with Gasteiger partial charge in [-0.2, -0.15) is 0 Å². The van der Waals surface area contributed by atoms with E-state index in [-0.39, 0.29) is 5.92 Å². The van der Waals surface area contributed by atoms with Gasteiger partial charge in [0.25, 0.3) is 0 Å². The van der Waals surface area contributed by atoms with Crippen molar-refractivity contribution in [1.29, 1.82) is 0 Å². The van der Waals surface area contributed by atoms with Crippen LogP contribution in [-0.4, -0.2) is 59.9 Å². The van der Waals surface area contributed by atoms with Crippen molar-refractivity contribution >= 4 is 16.6 Å². The zero-order chi connectivity index (χ0) is 24.4. The Labute approximate surface area is 208 Å². The van der Waals surface area contributed by atoms with Crippen molar-refractivity contribution in [2.75, 3.05) is 34.4 Å². The van der Waals surface area contributed by atoms with E-state index >= 15 is 0 Å². The van der Waals surface area contributed by atoms with Gasteiger partial charge in [-0.1, -0.05) is 36.4 Å². The third-order valence-electron chi connectivity index (χ3n) is 7.96. The molecule has 2 N–H and O–H groups in total. The zero-order valence-corrected chi connectivity index (χ0v) is 21.1. The van der Waals surface area contributed by atoms with Crippen LogP contribution in [0.5, 0.6) is 11.5 Å². The van der Waals surface area contributed by atoms with Gasteiger partial charge in [0.05, 0.1) is 30.9 Å². The van der Waals surface area contributed by atoms with Crippen LogP contribution in [0.4, 0.5) is 0 Å². The van der Waals surface area contributed by atoms with Crippen molar-refractivity contribution in [2.45, 2.75) is 44.1 Å². The summed E-state index contributed by atoms with van der Waals surface area (Å²) in [5.41, 5.74) is 4.04. The number of H-pyrrole nitrogens is 1. The van der Waals surface area contributed by atoms with E-state index in [1.807, 2.05) is 12.1 Å². The maximum absolute atomic E-state index is 11.5. The first-order valence-electron chi connectivity index (χ1n) is 12.8. The number of hydrogen-bond acceptors (Lipinski definition) is 5. The topological polar surface area (TPSA) is 70.6 Å². The highest BCUT2D eigenvalue weighted by Gasteiger charge is 2.46. The molecule has 1 aromatic heterocycles. The highest BCUT2D eigenvalue weighted by molar-refractivity contribution is 5.79. The number of aryl methyl sites for hydroxylation is 1. The molecule has 6 nitrogen and oxygen atoms in total. The maximum atomic E-state index is 11.5. The second kappa shape index (κ2) is 10.0. The Balaban J connectivity index is 1.13. The molecule has 0 amide bonds. The molecule has 35 heavy (non-hydrogen) atoms. The summed E-state index contributed by atoms with van der Waals surface area (Å²) in [5.74, 6) is 3.11. The van der Waals surface area contributed by atoms with Crippen LogP contribution in [0.25, 0.3) is 16.6 Å². The Hall–Kier alpha value is -2.83. The molecule has 3 aliphatic carbocycles. The smallest absolute Gasteiger partial charge is 0.163 e. The van der Waals surface area contributed by atoms with Crippen LogP contribution in [0.3, 0.4) is 0 Å². The number of aliphatic hydroxyl groups is 1. The van der Waals surface area contributed by atoms with E-state index in [0.717, 1.165) is 62.1 Å². The van der Waals surface area contributed by atoms with Crippen LogP contribution in [0.2, 0.25) is 0 Å². The Morgan fingerprint density at radius 2 is 1.86 bits per heavy atom. The van der Waals surface area contributed by atoms with Crippen molar-refractivity contribution in [3.63, 3.8) is 0 Å². The third-order valence-corrected chi connectivity index (χ3v) is 7.96. The zero-order valence-electron chi connectivity index (χ0n) is 21.1. The van der Waals surface area contributed by atoms with Crippen molar-refractivity contribution < 1.29 is 14.6 Å². The number of aromatic amines is 1. The van der Waals surface area contributed by atoms with Gasteiger partial charge in [0.2, 0.25) is 0 Å². The van der Waals surface area contributed by atoms with Crippen LogP contribution in [0.1, 0.15) is 43.5 Å². The van der Waals surface area contributed by atoms with Gasteiger partial charge in [-0.05, 0) is 62.8 Å². The molecule has 186 valence electrons. The van der Waals surface area contributed by atoms with Gasteiger partial charge < -0.3 is 24.5 Å². The molecule has 2 bridgehead atoms. The van der Waals surface area contributed by atoms with E-state index in [4.69, 9.17) is 14.5 Å². The number of rotatable bonds is 10. The number of aromatic nitrogens is 2. The van der Waals surface area contributed by atoms with Crippen LogP contribution in [0, 0.1) is 11.8 Å². The number of fused-ring (bicyclic) bond motifs is 3. The fraction of sp³-hybridized carbons (Fsp3) is 0.483. The average Bonchev–Trinajstić information content (AvgIpc) is 3.29. The van der Waals surface area contributed by atoms with Gasteiger partial charge in [0.15, 0.2) is 11.5 Å². The lowest BCUT2D eigenvalue weighted by Gasteiger charge is -2.48. The Kier molecular flexibility index (Phi) is 6.85. The number of nitrogens with one attached hydrogen (secondary N) is 1. The second-order valence-electron chi connectivity index (χ2n) is 10.2. The molecule has 0 radical (unpaired) electrons. The summed E-state index contributed by atoms with van der Waals surface area (Å²) in [6.07, 6.45) is 8.26. The standard InChI is InChI=1S/C29H37N3O3/c1-32(14-7-10-28-30-24-17-26(34-2)27(35-3)18-25(24)31-28)15-13-29(33)19-21-11-12-22(29)16-23(21)20-8-5-4-6-9-20/h4-6,8-9,16-18,21-22,33H,7,10-15,19H2,1-3H3,(H,30,31)/t21-,22-,29+/m1/s1. The summed E-state index contributed by atoms with van der Waals surface area (Å²) in [6, 6.07) is 14.5. The number of allylic oxidation sites excluding steroid dienone is 1. The summed E-state index contributed by atoms with van der Waals surface area (Å²) in [5, 5.41) is 11.5. The number of nitrogens with zero attached hydrogens (tertiary/aromatic N) is 2. The molecule has 1 saturated carbocycles. The van der Waals surface area contributed by atoms with Crippen LogP contribution >= 0.6 is 0 Å². The maximum Gasteiger partial charge on any atom is 0.163 e. The van der Waals surface area contributed by atoms with E-state index in [0.29, 0.717) is 17.4 Å². The molecule has 0 spiro atoms. The molecule has 1 heterocycles. The molecule has 0 saturated heterocycles. The Morgan fingerprint density at radius 3 is 2.57 bits per heavy atom. The minimum Gasteiger partial charge on any atom is -0.493 e. The van der Waals surface area contributed by atoms with Crippen molar-refractivity contribution in [3.05, 3.63) is 59.9 Å². The van der Waals surface area contributed by atoms with Crippen LogP contribution in [-0.2, 0) is 6.42 Å². The van der Waals surface area contributed by atoms with Crippen molar-refractivity contribution in [3.8, 4) is 11.5 Å². The minimum absolute atomic E-state index is 0.264. The van der Waals surface area contributed by atoms with Crippen molar-refractivity contribution in [2.24, 2.45) is 11.8 Å². The molecule has 2 aromatic carbocycles. The first kappa shape index (κ1) is 23.9. The molecule has 3 atom stereocenters. The fourth-order valence-electron chi connectivity index (χ4n) is 5.96.